The zero-order valence-electron chi connectivity index (χ0n) is 20.5. The molecule has 2 N–H and O–H groups in total. The number of aromatic nitrogens is 1. The molecule has 0 saturated carbocycles. The number of nitrogens with zero attached hydrogens (tertiary/aromatic N) is 1. The average Bonchev–Trinajstić information content (AvgIpc) is 3.04. The largest absolute Gasteiger partial charge is 0.358 e. The number of piperidine rings is 1. The van der Waals surface area contributed by atoms with Gasteiger partial charge in [0.25, 0.3) is 0 Å². The van der Waals surface area contributed by atoms with Crippen LogP contribution in [0.15, 0.2) is 47.4 Å². The summed E-state index contributed by atoms with van der Waals surface area (Å²) in [5.74, 6) is -0.368. The van der Waals surface area contributed by atoms with Gasteiger partial charge in [0.1, 0.15) is 0 Å². The van der Waals surface area contributed by atoms with Crippen molar-refractivity contribution < 1.29 is 13.2 Å². The van der Waals surface area contributed by atoms with E-state index in [1.54, 1.807) is 6.07 Å². The zero-order valence-corrected chi connectivity index (χ0v) is 21.3. The van der Waals surface area contributed by atoms with Crippen LogP contribution in [-0.2, 0) is 34.1 Å². The number of amides is 1. The first kappa shape index (κ1) is 24.1. The molecule has 1 aliphatic carbocycles. The number of fused-ring (bicyclic) bond motifs is 3. The zero-order chi connectivity index (χ0) is 24.4. The number of aromatic amines is 1. The summed E-state index contributed by atoms with van der Waals surface area (Å²) in [5, 5.41) is 4.06. The second-order valence-corrected chi connectivity index (χ2v) is 12.0. The number of hydrogen-bond donors (Lipinski definition) is 2. The summed E-state index contributed by atoms with van der Waals surface area (Å²) in [6.45, 7) is 3.31. The van der Waals surface area contributed by atoms with Crippen molar-refractivity contribution in [2.24, 2.45) is 5.92 Å². The molecule has 2 aromatic carbocycles. The molecular formula is C28H35N3O3S. The van der Waals surface area contributed by atoms with E-state index < -0.39 is 10.0 Å². The van der Waals surface area contributed by atoms with E-state index in [9.17, 15) is 13.2 Å². The average molecular weight is 494 g/mol. The van der Waals surface area contributed by atoms with Crippen LogP contribution in [0.3, 0.4) is 0 Å². The van der Waals surface area contributed by atoms with Gasteiger partial charge in [-0.25, -0.2) is 8.42 Å². The minimum atomic E-state index is -3.66. The molecule has 1 fully saturated rings. The summed E-state index contributed by atoms with van der Waals surface area (Å²) in [6.07, 6.45) is 7.72. The van der Waals surface area contributed by atoms with E-state index in [1.807, 2.05) is 12.1 Å². The van der Waals surface area contributed by atoms with Crippen LogP contribution in [0.4, 0.5) is 0 Å². The summed E-state index contributed by atoms with van der Waals surface area (Å²) in [4.78, 5) is 16.7. The Kier molecular flexibility index (Phi) is 6.98. The summed E-state index contributed by atoms with van der Waals surface area (Å²) in [6, 6.07) is 13.8. The number of carbonyl (C=O) groups excluding carboxylic acids is 1. The van der Waals surface area contributed by atoms with Crippen molar-refractivity contribution in [3.05, 3.63) is 64.8 Å². The number of carbonyl (C=O) groups is 1. The van der Waals surface area contributed by atoms with Gasteiger partial charge in [0.2, 0.25) is 15.9 Å². The molecule has 1 aromatic heterocycles. The minimum absolute atomic E-state index is 0.0524. The Morgan fingerprint density at radius 2 is 1.86 bits per heavy atom. The molecule has 186 valence electrons. The Morgan fingerprint density at radius 1 is 1.06 bits per heavy atom. The van der Waals surface area contributed by atoms with Crippen molar-refractivity contribution in [2.45, 2.75) is 63.2 Å². The van der Waals surface area contributed by atoms with Gasteiger partial charge in [0, 0.05) is 36.2 Å². The second kappa shape index (κ2) is 10.2. The van der Waals surface area contributed by atoms with Gasteiger partial charge >= 0.3 is 0 Å². The highest BCUT2D eigenvalue weighted by Crippen LogP contribution is 2.32. The monoisotopic (exact) mass is 493 g/mol. The third kappa shape index (κ3) is 5.16. The van der Waals surface area contributed by atoms with Crippen LogP contribution >= 0.6 is 0 Å². The topological polar surface area (TPSA) is 82.3 Å². The molecular weight excluding hydrogens is 458 g/mol. The van der Waals surface area contributed by atoms with Crippen LogP contribution in [0.1, 0.15) is 54.5 Å². The van der Waals surface area contributed by atoms with E-state index in [4.69, 9.17) is 0 Å². The molecule has 1 saturated heterocycles. The lowest BCUT2D eigenvalue weighted by Gasteiger charge is -2.31. The van der Waals surface area contributed by atoms with Gasteiger partial charge in [0.15, 0.2) is 0 Å². The Hall–Kier alpha value is -2.64. The van der Waals surface area contributed by atoms with Gasteiger partial charge in [-0.2, -0.15) is 4.31 Å². The van der Waals surface area contributed by atoms with Crippen molar-refractivity contribution in [3.8, 4) is 0 Å². The summed E-state index contributed by atoms with van der Waals surface area (Å²) in [5.41, 5.74) is 5.95. The fourth-order valence-corrected chi connectivity index (χ4v) is 7.03. The van der Waals surface area contributed by atoms with Crippen molar-refractivity contribution >= 4 is 26.8 Å². The Bertz CT molecular complexity index is 1310. The summed E-state index contributed by atoms with van der Waals surface area (Å²) >= 11 is 0. The lowest BCUT2D eigenvalue weighted by molar-refractivity contribution is -0.126. The highest BCUT2D eigenvalue weighted by atomic mass is 32.2. The highest BCUT2D eigenvalue weighted by Gasteiger charge is 2.33. The predicted molar refractivity (Wildman–Crippen MR) is 139 cm³/mol. The third-order valence-electron chi connectivity index (χ3n) is 7.55. The van der Waals surface area contributed by atoms with Crippen LogP contribution in [0.5, 0.6) is 0 Å². The molecule has 0 radical (unpaired) electrons. The van der Waals surface area contributed by atoms with E-state index in [1.165, 1.54) is 39.5 Å². The van der Waals surface area contributed by atoms with Gasteiger partial charge < -0.3 is 10.3 Å². The van der Waals surface area contributed by atoms with Gasteiger partial charge in [-0.3, -0.25) is 4.79 Å². The molecule has 1 atom stereocenters. The molecule has 0 bridgehead atoms. The van der Waals surface area contributed by atoms with E-state index in [2.05, 4.69) is 41.5 Å². The minimum Gasteiger partial charge on any atom is -0.358 e. The van der Waals surface area contributed by atoms with E-state index in [0.29, 0.717) is 30.8 Å². The number of benzene rings is 2. The SMILES string of the molecule is Cc1ccc(CCNC(=O)[C@@H]2CCCN(S(=O)(=O)c3ccc4[nH]c5c(c4c3)CCCCC5)C2)cc1. The highest BCUT2D eigenvalue weighted by molar-refractivity contribution is 7.89. The van der Waals surface area contributed by atoms with Crippen LogP contribution in [0.2, 0.25) is 0 Å². The van der Waals surface area contributed by atoms with Crippen molar-refractivity contribution in [2.75, 3.05) is 19.6 Å². The fraction of sp³-hybridized carbons (Fsp3) is 0.464. The molecule has 1 aliphatic heterocycles. The van der Waals surface area contributed by atoms with Crippen molar-refractivity contribution in [3.63, 3.8) is 0 Å². The third-order valence-corrected chi connectivity index (χ3v) is 9.41. The molecule has 35 heavy (non-hydrogen) atoms. The number of H-pyrrole nitrogens is 1. The van der Waals surface area contributed by atoms with Gasteiger partial charge in [-0.15, -0.1) is 0 Å². The summed E-state index contributed by atoms with van der Waals surface area (Å²) in [7, 11) is -3.66. The van der Waals surface area contributed by atoms with E-state index in [0.717, 1.165) is 36.6 Å². The van der Waals surface area contributed by atoms with Crippen LogP contribution in [0.25, 0.3) is 10.9 Å². The quantitative estimate of drug-likeness (QED) is 0.496. The number of aryl methyl sites for hydroxylation is 3. The first-order valence-electron chi connectivity index (χ1n) is 12.9. The first-order valence-corrected chi connectivity index (χ1v) is 14.3. The lowest BCUT2D eigenvalue weighted by Crippen LogP contribution is -2.45. The number of rotatable bonds is 6. The standard InChI is InChI=1S/C28H35N3O3S/c1-20-9-11-21(12-10-20)15-16-29-28(32)22-6-5-17-31(19-22)35(33,34)23-13-14-27-25(18-23)24-7-3-2-4-8-26(24)30-27/h9-14,18,22,30H,2-8,15-17,19H2,1H3,(H,29,32)/t22-/m1/s1. The second-order valence-electron chi connectivity index (χ2n) is 10.1. The van der Waals surface area contributed by atoms with Crippen LogP contribution < -0.4 is 5.32 Å². The molecule has 1 amide bonds. The first-order chi connectivity index (χ1) is 16.9. The molecule has 3 aromatic rings. The Balaban J connectivity index is 1.26. The molecule has 6 nitrogen and oxygen atoms in total. The maximum absolute atomic E-state index is 13.6. The number of nitrogens with one attached hydrogen (secondary N) is 2. The molecule has 2 heterocycles. The van der Waals surface area contributed by atoms with Crippen LogP contribution in [0, 0.1) is 12.8 Å². The van der Waals surface area contributed by atoms with Gasteiger partial charge in [-0.1, -0.05) is 36.2 Å². The normalized spacial score (nSPS) is 19.3. The molecule has 5 rings (SSSR count). The molecule has 0 spiro atoms. The van der Waals surface area contributed by atoms with Crippen LogP contribution in [-0.4, -0.2) is 43.2 Å². The number of sulfonamides is 1. The van der Waals surface area contributed by atoms with Gasteiger partial charge in [0.05, 0.1) is 10.8 Å². The summed E-state index contributed by atoms with van der Waals surface area (Å²) < 4.78 is 28.6. The Morgan fingerprint density at radius 3 is 2.69 bits per heavy atom. The van der Waals surface area contributed by atoms with Crippen molar-refractivity contribution in [1.29, 1.82) is 0 Å². The Labute approximate surface area is 208 Å². The van der Waals surface area contributed by atoms with E-state index in [-0.39, 0.29) is 18.4 Å². The molecule has 0 unspecified atom stereocenters. The van der Waals surface area contributed by atoms with Crippen molar-refractivity contribution in [1.82, 2.24) is 14.6 Å². The molecule has 7 heteroatoms. The predicted octanol–water partition coefficient (Wildman–Crippen LogP) is 4.50. The fourth-order valence-electron chi connectivity index (χ4n) is 5.48. The maximum atomic E-state index is 13.6. The lowest BCUT2D eigenvalue weighted by atomic mass is 9.98. The van der Waals surface area contributed by atoms with Gasteiger partial charge in [-0.05, 0) is 81.2 Å². The van der Waals surface area contributed by atoms with E-state index >= 15 is 0 Å². The maximum Gasteiger partial charge on any atom is 0.243 e. The molecule has 2 aliphatic rings. The number of hydrogen-bond acceptors (Lipinski definition) is 3. The smallest absolute Gasteiger partial charge is 0.243 e.